The summed E-state index contributed by atoms with van der Waals surface area (Å²) in [5.74, 6) is -2.41. The van der Waals surface area contributed by atoms with Crippen LogP contribution in [-0.2, 0) is 22.4 Å². The van der Waals surface area contributed by atoms with E-state index >= 15 is 0 Å². The summed E-state index contributed by atoms with van der Waals surface area (Å²) in [5, 5.41) is 48.8. The highest BCUT2D eigenvalue weighted by Crippen LogP contribution is 2.51. The average molecular weight is 378 g/mol. The molecular formula is C20H26O7. The maximum atomic E-state index is 11.3. The number of hydrogen-bond acceptors (Lipinski definition) is 5. The van der Waals surface area contributed by atoms with Crippen LogP contribution in [0.3, 0.4) is 0 Å². The summed E-state index contributed by atoms with van der Waals surface area (Å²) in [6, 6.07) is 1.10. The Morgan fingerprint density at radius 1 is 0.778 bits per heavy atom. The van der Waals surface area contributed by atoms with Crippen LogP contribution in [0.2, 0.25) is 0 Å². The van der Waals surface area contributed by atoms with Gasteiger partial charge in [-0.25, -0.2) is 0 Å². The fraction of sp³-hybridized carbons (Fsp3) is 0.600. The molecule has 0 amide bonds. The third-order valence-electron chi connectivity index (χ3n) is 6.25. The molecule has 0 saturated heterocycles. The van der Waals surface area contributed by atoms with E-state index in [-0.39, 0.29) is 11.5 Å². The second-order valence-electron chi connectivity index (χ2n) is 8.10. The van der Waals surface area contributed by atoms with Crippen molar-refractivity contribution in [3.05, 3.63) is 17.2 Å². The molecule has 0 aliphatic heterocycles. The minimum absolute atomic E-state index is 0.125. The summed E-state index contributed by atoms with van der Waals surface area (Å²) in [6.45, 7) is 0. The third kappa shape index (κ3) is 3.82. The number of carboxylic acid groups (broad SMARTS) is 2. The molecule has 27 heavy (non-hydrogen) atoms. The molecule has 2 aliphatic carbocycles. The Bertz CT molecular complexity index is 760. The quantitative estimate of drug-likeness (QED) is 0.312. The number of carboxylic acids is 2. The van der Waals surface area contributed by atoms with E-state index in [0.717, 1.165) is 6.07 Å². The minimum Gasteiger partial charge on any atom is -0.508 e. The number of carbonyl (C=O) groups is 2. The summed E-state index contributed by atoms with van der Waals surface area (Å²) in [5.41, 5.74) is -0.371. The van der Waals surface area contributed by atoms with Gasteiger partial charge < -0.3 is 25.5 Å². The van der Waals surface area contributed by atoms with Crippen molar-refractivity contribution in [3.63, 3.8) is 0 Å². The van der Waals surface area contributed by atoms with Gasteiger partial charge >= 0.3 is 11.9 Å². The normalized spacial score (nSPS) is 18.8. The van der Waals surface area contributed by atoms with Crippen molar-refractivity contribution >= 4 is 11.9 Å². The number of benzene rings is 1. The van der Waals surface area contributed by atoms with Crippen LogP contribution >= 0.6 is 0 Å². The number of phenols is 3. The van der Waals surface area contributed by atoms with Gasteiger partial charge in [-0.15, -0.1) is 0 Å². The van der Waals surface area contributed by atoms with Gasteiger partial charge in [0.15, 0.2) is 11.5 Å². The zero-order valence-corrected chi connectivity index (χ0v) is 15.2. The Balaban J connectivity index is 1.68. The molecule has 5 N–H and O–H groups in total. The molecule has 7 heteroatoms. The number of aromatic hydroxyl groups is 3. The van der Waals surface area contributed by atoms with Gasteiger partial charge in [-0.3, -0.25) is 9.59 Å². The lowest BCUT2D eigenvalue weighted by Gasteiger charge is -2.17. The van der Waals surface area contributed by atoms with Crippen LogP contribution in [-0.4, -0.2) is 37.5 Å². The number of phenolic OH excluding ortho intramolecular Hbond substituents is 3. The van der Waals surface area contributed by atoms with Crippen LogP contribution in [0.4, 0.5) is 0 Å². The second kappa shape index (κ2) is 6.94. The van der Waals surface area contributed by atoms with Gasteiger partial charge in [0, 0.05) is 17.2 Å². The summed E-state index contributed by atoms with van der Waals surface area (Å²) in [7, 11) is 0. The molecule has 0 atom stereocenters. The van der Waals surface area contributed by atoms with Crippen molar-refractivity contribution in [2.45, 2.75) is 64.2 Å². The van der Waals surface area contributed by atoms with Crippen LogP contribution in [0.1, 0.15) is 62.5 Å². The van der Waals surface area contributed by atoms with Crippen LogP contribution in [0, 0.1) is 10.8 Å². The minimum atomic E-state index is -0.797. The maximum Gasteiger partial charge on any atom is 0.309 e. The van der Waals surface area contributed by atoms with Gasteiger partial charge in [0.1, 0.15) is 5.75 Å². The molecule has 0 unspecified atom stereocenters. The summed E-state index contributed by atoms with van der Waals surface area (Å²) in [6.07, 6.45) is 5.46. The van der Waals surface area contributed by atoms with Gasteiger partial charge in [0.25, 0.3) is 0 Å². The van der Waals surface area contributed by atoms with E-state index in [4.69, 9.17) is 0 Å². The van der Waals surface area contributed by atoms with E-state index in [1.165, 1.54) is 0 Å². The molecular weight excluding hydrogens is 352 g/mol. The first kappa shape index (κ1) is 19.3. The van der Waals surface area contributed by atoms with E-state index in [2.05, 4.69) is 0 Å². The number of hydrogen-bond donors (Lipinski definition) is 5. The SMILES string of the molecule is O=C(O)C1(CCCc2c(O)cc(O)c(O)c2CCCC2(C(=O)O)CC2)CC1. The first-order valence-electron chi connectivity index (χ1n) is 9.43. The molecule has 0 aromatic heterocycles. The first-order chi connectivity index (χ1) is 12.7. The monoisotopic (exact) mass is 378 g/mol. The van der Waals surface area contributed by atoms with Crippen molar-refractivity contribution in [3.8, 4) is 17.2 Å². The van der Waals surface area contributed by atoms with Crippen LogP contribution in [0.5, 0.6) is 17.2 Å². The topological polar surface area (TPSA) is 135 Å². The van der Waals surface area contributed by atoms with E-state index in [9.17, 15) is 35.1 Å². The van der Waals surface area contributed by atoms with Crippen molar-refractivity contribution in [2.75, 3.05) is 0 Å². The van der Waals surface area contributed by atoms with E-state index in [1.54, 1.807) is 0 Å². The smallest absolute Gasteiger partial charge is 0.309 e. The zero-order valence-electron chi connectivity index (χ0n) is 15.2. The fourth-order valence-electron chi connectivity index (χ4n) is 3.94. The molecule has 148 valence electrons. The lowest BCUT2D eigenvalue weighted by atomic mass is 9.90. The van der Waals surface area contributed by atoms with Gasteiger partial charge in [0.05, 0.1) is 10.8 Å². The molecule has 1 aromatic carbocycles. The van der Waals surface area contributed by atoms with E-state index in [1.807, 2.05) is 0 Å². The van der Waals surface area contributed by atoms with Gasteiger partial charge in [-0.05, 0) is 64.2 Å². The summed E-state index contributed by atoms with van der Waals surface area (Å²) >= 11 is 0. The summed E-state index contributed by atoms with van der Waals surface area (Å²) in [4.78, 5) is 22.6. The van der Waals surface area contributed by atoms with Crippen LogP contribution in [0.15, 0.2) is 6.07 Å². The molecule has 7 nitrogen and oxygen atoms in total. The highest BCUT2D eigenvalue weighted by Gasteiger charge is 2.50. The van der Waals surface area contributed by atoms with E-state index in [0.29, 0.717) is 75.3 Å². The lowest BCUT2D eigenvalue weighted by Crippen LogP contribution is -2.15. The van der Waals surface area contributed by atoms with Crippen molar-refractivity contribution in [1.82, 2.24) is 0 Å². The molecule has 2 aliphatic rings. The van der Waals surface area contributed by atoms with Gasteiger partial charge in [-0.1, -0.05) is 0 Å². The zero-order chi connectivity index (χ0) is 19.8. The predicted octanol–water partition coefficient (Wildman–Crippen LogP) is 3.18. The maximum absolute atomic E-state index is 11.3. The Kier molecular flexibility index (Phi) is 4.97. The Hall–Kier alpha value is -2.44. The average Bonchev–Trinajstić information content (AvgIpc) is 3.49. The molecule has 1 aromatic rings. The Morgan fingerprint density at radius 3 is 1.63 bits per heavy atom. The molecule has 2 fully saturated rings. The fourth-order valence-corrected chi connectivity index (χ4v) is 3.94. The second-order valence-corrected chi connectivity index (χ2v) is 8.10. The highest BCUT2D eigenvalue weighted by molar-refractivity contribution is 5.78. The van der Waals surface area contributed by atoms with Crippen LogP contribution < -0.4 is 0 Å². The van der Waals surface area contributed by atoms with Gasteiger partial charge in [-0.2, -0.15) is 0 Å². The lowest BCUT2D eigenvalue weighted by molar-refractivity contribution is -0.144. The highest BCUT2D eigenvalue weighted by atomic mass is 16.4. The Labute approximate surface area is 157 Å². The Morgan fingerprint density at radius 2 is 1.22 bits per heavy atom. The standard InChI is InChI=1S/C20H26O7/c21-14-11-15(22)16(23)13(4-2-6-20(9-10-20)18(26)27)12(14)3-1-5-19(7-8-19)17(24)25/h11,21-23H,1-10H2,(H,24,25)(H,26,27). The van der Waals surface area contributed by atoms with Gasteiger partial charge in [0.2, 0.25) is 0 Å². The van der Waals surface area contributed by atoms with Crippen molar-refractivity contribution in [2.24, 2.45) is 10.8 Å². The number of aliphatic carboxylic acids is 2. The van der Waals surface area contributed by atoms with Crippen molar-refractivity contribution in [1.29, 1.82) is 0 Å². The predicted molar refractivity (Wildman–Crippen MR) is 95.9 cm³/mol. The first-order valence-corrected chi connectivity index (χ1v) is 9.43. The number of rotatable bonds is 10. The molecule has 0 spiro atoms. The third-order valence-corrected chi connectivity index (χ3v) is 6.25. The molecule has 2 saturated carbocycles. The van der Waals surface area contributed by atoms with Crippen LogP contribution in [0.25, 0.3) is 0 Å². The van der Waals surface area contributed by atoms with E-state index < -0.39 is 28.5 Å². The molecule has 0 bridgehead atoms. The molecule has 0 radical (unpaired) electrons. The molecule has 0 heterocycles. The van der Waals surface area contributed by atoms with Crippen molar-refractivity contribution < 1.29 is 35.1 Å². The molecule has 3 rings (SSSR count). The summed E-state index contributed by atoms with van der Waals surface area (Å²) < 4.78 is 0. The largest absolute Gasteiger partial charge is 0.508 e.